The van der Waals surface area contributed by atoms with Crippen molar-refractivity contribution in [2.75, 3.05) is 13.1 Å². The largest absolute Gasteiger partial charge is 0.338 e. The molecular weight excluding hydrogens is 357 g/mol. The van der Waals surface area contributed by atoms with E-state index in [0.29, 0.717) is 18.7 Å². The molecule has 1 aromatic carbocycles. The molecule has 0 saturated carbocycles. The third-order valence-electron chi connectivity index (χ3n) is 5.44. The number of benzene rings is 1. The van der Waals surface area contributed by atoms with Crippen molar-refractivity contribution >= 4 is 5.91 Å². The fraction of sp³-hybridized carbons (Fsp3) is 0.381. The number of hydrogen-bond acceptors (Lipinski definition) is 3. The van der Waals surface area contributed by atoms with E-state index in [-0.39, 0.29) is 17.6 Å². The number of amides is 1. The smallest absolute Gasteiger partial charge is 0.257 e. The molecule has 1 aliphatic heterocycles. The topological polar surface area (TPSA) is 77.7 Å². The first kappa shape index (κ1) is 18.4. The number of carbonyl (C=O) groups excluding carboxylic acids is 1. The summed E-state index contributed by atoms with van der Waals surface area (Å²) >= 11 is 0. The van der Waals surface area contributed by atoms with E-state index >= 15 is 0 Å². The summed E-state index contributed by atoms with van der Waals surface area (Å²) in [5, 5.41) is 14.3. The lowest BCUT2D eigenvalue weighted by molar-refractivity contribution is 0.0711. The van der Waals surface area contributed by atoms with Crippen molar-refractivity contribution in [2.24, 2.45) is 0 Å². The van der Waals surface area contributed by atoms with E-state index in [2.05, 4.69) is 27.3 Å². The summed E-state index contributed by atoms with van der Waals surface area (Å²) in [6, 6.07) is 6.57. The highest BCUT2D eigenvalue weighted by atomic mass is 19.1. The molecule has 0 spiro atoms. The van der Waals surface area contributed by atoms with Crippen LogP contribution in [-0.4, -0.2) is 44.3 Å². The van der Waals surface area contributed by atoms with Gasteiger partial charge in [-0.3, -0.25) is 15.0 Å². The normalized spacial score (nSPS) is 15.1. The quantitative estimate of drug-likeness (QED) is 0.703. The summed E-state index contributed by atoms with van der Waals surface area (Å²) < 4.78 is 13.6. The number of rotatable bonds is 5. The number of aromatic nitrogens is 4. The van der Waals surface area contributed by atoms with Crippen LogP contribution in [0.5, 0.6) is 0 Å². The molecule has 0 unspecified atom stereocenters. The highest BCUT2D eigenvalue weighted by molar-refractivity contribution is 5.95. The molecule has 0 radical (unpaired) electrons. The maximum atomic E-state index is 13.6. The third kappa shape index (κ3) is 3.56. The minimum absolute atomic E-state index is 0.0469. The van der Waals surface area contributed by atoms with Gasteiger partial charge < -0.3 is 4.90 Å². The molecule has 1 fully saturated rings. The van der Waals surface area contributed by atoms with E-state index < -0.39 is 0 Å². The van der Waals surface area contributed by atoms with Crippen molar-refractivity contribution in [3.05, 3.63) is 59.4 Å². The first-order valence-corrected chi connectivity index (χ1v) is 9.78. The summed E-state index contributed by atoms with van der Waals surface area (Å²) in [5.74, 6) is 0.0583. The van der Waals surface area contributed by atoms with Crippen molar-refractivity contribution < 1.29 is 9.18 Å². The molecular formula is C21H24FN5O. The van der Waals surface area contributed by atoms with Gasteiger partial charge in [-0.25, -0.2) is 4.39 Å². The monoisotopic (exact) mass is 381 g/mol. The molecule has 3 aromatic rings. The van der Waals surface area contributed by atoms with E-state index in [1.165, 1.54) is 12.1 Å². The van der Waals surface area contributed by atoms with Crippen molar-refractivity contribution in [1.29, 1.82) is 0 Å². The highest BCUT2D eigenvalue weighted by Crippen LogP contribution is 2.34. The molecule has 28 heavy (non-hydrogen) atoms. The molecule has 0 atom stereocenters. The molecule has 4 rings (SSSR count). The van der Waals surface area contributed by atoms with Gasteiger partial charge in [-0.2, -0.15) is 10.2 Å². The van der Waals surface area contributed by atoms with Crippen LogP contribution in [0.1, 0.15) is 53.8 Å². The number of aryl methyl sites for hydroxylation is 1. The fourth-order valence-electron chi connectivity index (χ4n) is 3.97. The van der Waals surface area contributed by atoms with Gasteiger partial charge in [-0.05, 0) is 37.0 Å². The molecule has 2 aromatic heterocycles. The zero-order valence-electron chi connectivity index (χ0n) is 15.9. The van der Waals surface area contributed by atoms with E-state index in [1.807, 2.05) is 11.0 Å². The van der Waals surface area contributed by atoms with Crippen LogP contribution in [0.25, 0.3) is 11.1 Å². The number of piperidine rings is 1. The van der Waals surface area contributed by atoms with Crippen molar-refractivity contribution in [1.82, 2.24) is 25.3 Å². The summed E-state index contributed by atoms with van der Waals surface area (Å²) in [6.07, 6.45) is 6.87. The summed E-state index contributed by atoms with van der Waals surface area (Å²) in [4.78, 5) is 14.8. The lowest BCUT2D eigenvalue weighted by atomic mass is 9.89. The second-order valence-electron chi connectivity index (χ2n) is 7.29. The Hall–Kier alpha value is -2.96. The maximum Gasteiger partial charge on any atom is 0.257 e. The number of halogens is 1. The third-order valence-corrected chi connectivity index (χ3v) is 5.44. The Balaban J connectivity index is 1.46. The van der Waals surface area contributed by atoms with E-state index in [1.54, 1.807) is 18.5 Å². The fourth-order valence-corrected chi connectivity index (χ4v) is 3.97. The van der Waals surface area contributed by atoms with Gasteiger partial charge in [-0.15, -0.1) is 0 Å². The van der Waals surface area contributed by atoms with Gasteiger partial charge in [0.1, 0.15) is 5.82 Å². The van der Waals surface area contributed by atoms with Crippen molar-refractivity contribution in [3.63, 3.8) is 0 Å². The van der Waals surface area contributed by atoms with Crippen LogP contribution in [0, 0.1) is 5.82 Å². The summed E-state index contributed by atoms with van der Waals surface area (Å²) in [6.45, 7) is 3.45. The highest BCUT2D eigenvalue weighted by Gasteiger charge is 2.28. The zero-order valence-corrected chi connectivity index (χ0v) is 15.9. The lowest BCUT2D eigenvalue weighted by Gasteiger charge is -2.32. The number of nitrogens with zero attached hydrogens (tertiary/aromatic N) is 3. The van der Waals surface area contributed by atoms with Crippen LogP contribution >= 0.6 is 0 Å². The SMILES string of the molecule is CCCc1[nH]ncc1C(=O)N1CCC(c2[nH]ncc2-c2cccc(F)c2)CC1. The van der Waals surface area contributed by atoms with Crippen molar-refractivity contribution in [2.45, 2.75) is 38.5 Å². The summed E-state index contributed by atoms with van der Waals surface area (Å²) in [5.41, 5.74) is 4.38. The van der Waals surface area contributed by atoms with Gasteiger partial charge in [-0.1, -0.05) is 25.5 Å². The Kier molecular flexibility index (Phi) is 5.23. The van der Waals surface area contributed by atoms with E-state index in [9.17, 15) is 9.18 Å². The number of H-pyrrole nitrogens is 2. The maximum absolute atomic E-state index is 13.6. The van der Waals surface area contributed by atoms with Gasteiger partial charge in [0, 0.05) is 36.0 Å². The predicted octanol–water partition coefficient (Wildman–Crippen LogP) is 3.91. The number of aromatic amines is 2. The van der Waals surface area contributed by atoms with Crippen LogP contribution in [-0.2, 0) is 6.42 Å². The van der Waals surface area contributed by atoms with Gasteiger partial charge in [0.2, 0.25) is 0 Å². The minimum atomic E-state index is -0.256. The van der Waals surface area contributed by atoms with Gasteiger partial charge in [0.15, 0.2) is 0 Å². The molecule has 1 amide bonds. The van der Waals surface area contributed by atoms with Crippen LogP contribution in [0.15, 0.2) is 36.7 Å². The number of hydrogen-bond donors (Lipinski definition) is 2. The predicted molar refractivity (Wildman–Crippen MR) is 104 cm³/mol. The molecule has 7 heteroatoms. The van der Waals surface area contributed by atoms with Crippen LogP contribution in [0.2, 0.25) is 0 Å². The van der Waals surface area contributed by atoms with Gasteiger partial charge in [0.05, 0.1) is 18.0 Å². The Morgan fingerprint density at radius 2 is 2.00 bits per heavy atom. The molecule has 3 heterocycles. The second kappa shape index (κ2) is 7.96. The Morgan fingerprint density at radius 1 is 1.21 bits per heavy atom. The number of likely N-dealkylation sites (tertiary alicyclic amines) is 1. The molecule has 0 bridgehead atoms. The van der Waals surface area contributed by atoms with E-state index in [0.717, 1.165) is 48.2 Å². The Bertz CT molecular complexity index is 955. The zero-order chi connectivity index (χ0) is 19.5. The Labute approximate surface area is 163 Å². The Morgan fingerprint density at radius 3 is 2.75 bits per heavy atom. The molecule has 1 aliphatic rings. The van der Waals surface area contributed by atoms with Crippen molar-refractivity contribution in [3.8, 4) is 11.1 Å². The minimum Gasteiger partial charge on any atom is -0.338 e. The number of carbonyl (C=O) groups is 1. The average Bonchev–Trinajstić information content (AvgIpc) is 3.37. The van der Waals surface area contributed by atoms with E-state index in [4.69, 9.17) is 0 Å². The second-order valence-corrected chi connectivity index (χ2v) is 7.29. The first-order valence-electron chi connectivity index (χ1n) is 9.78. The van der Waals surface area contributed by atoms with Crippen LogP contribution in [0.3, 0.4) is 0 Å². The molecule has 6 nitrogen and oxygen atoms in total. The number of nitrogens with one attached hydrogen (secondary N) is 2. The molecule has 0 aliphatic carbocycles. The molecule has 146 valence electrons. The lowest BCUT2D eigenvalue weighted by Crippen LogP contribution is -2.38. The van der Waals surface area contributed by atoms with Gasteiger partial charge >= 0.3 is 0 Å². The average molecular weight is 381 g/mol. The standard InChI is InChI=1S/C21H24FN5O/c1-2-4-19-18(13-23-25-19)21(28)27-9-7-14(8-10-27)20-17(12-24-26-20)15-5-3-6-16(22)11-15/h3,5-6,11-14H,2,4,7-10H2,1H3,(H,23,25)(H,24,26). The molecule has 2 N–H and O–H groups in total. The first-order chi connectivity index (χ1) is 13.7. The van der Waals surface area contributed by atoms with Crippen LogP contribution < -0.4 is 0 Å². The molecule has 1 saturated heterocycles. The summed E-state index contributed by atoms with van der Waals surface area (Å²) in [7, 11) is 0. The van der Waals surface area contributed by atoms with Crippen LogP contribution in [0.4, 0.5) is 4.39 Å². The van der Waals surface area contributed by atoms with Gasteiger partial charge in [0.25, 0.3) is 5.91 Å².